The van der Waals surface area contributed by atoms with Crippen molar-refractivity contribution in [1.29, 1.82) is 0 Å². The molecule has 14 heavy (non-hydrogen) atoms. The van der Waals surface area contributed by atoms with Gasteiger partial charge in [0.15, 0.2) is 0 Å². The normalized spacial score (nSPS) is 25.3. The Kier molecular flexibility index (Phi) is 3.99. The van der Waals surface area contributed by atoms with Crippen molar-refractivity contribution in [3.05, 3.63) is 21.9 Å². The predicted molar refractivity (Wildman–Crippen MR) is 65.7 cm³/mol. The quantitative estimate of drug-likeness (QED) is 0.825. The highest BCUT2D eigenvalue weighted by molar-refractivity contribution is 7.10. The predicted octanol–water partition coefficient (Wildman–Crippen LogP) is 3.03. The van der Waals surface area contributed by atoms with Crippen molar-refractivity contribution in [2.75, 3.05) is 7.05 Å². The molecule has 1 nitrogen and oxygen atoms in total. The molecule has 2 rings (SSSR count). The van der Waals surface area contributed by atoms with E-state index in [-0.39, 0.29) is 12.4 Å². The highest BCUT2D eigenvalue weighted by Crippen LogP contribution is 2.33. The Hall–Kier alpha value is -0.0500. The van der Waals surface area contributed by atoms with E-state index >= 15 is 0 Å². The number of halogens is 1. The van der Waals surface area contributed by atoms with Crippen LogP contribution in [0.25, 0.3) is 0 Å². The molecule has 1 N–H and O–H groups in total. The summed E-state index contributed by atoms with van der Waals surface area (Å²) in [4.78, 5) is 1.61. The molecular weight excluding hydrogens is 214 g/mol. The zero-order valence-corrected chi connectivity index (χ0v) is 10.4. The van der Waals surface area contributed by atoms with Crippen molar-refractivity contribution < 1.29 is 0 Å². The molecule has 0 amide bonds. The monoisotopic (exact) mass is 231 g/mol. The molecule has 1 atom stereocenters. The van der Waals surface area contributed by atoms with Gasteiger partial charge in [-0.15, -0.1) is 23.7 Å². The zero-order valence-electron chi connectivity index (χ0n) is 8.80. The molecule has 1 unspecified atom stereocenters. The topological polar surface area (TPSA) is 12.0 Å². The Morgan fingerprint density at radius 2 is 2.36 bits per heavy atom. The molecule has 1 aromatic rings. The van der Waals surface area contributed by atoms with E-state index in [0.717, 1.165) is 0 Å². The van der Waals surface area contributed by atoms with Gasteiger partial charge >= 0.3 is 0 Å². The molecule has 80 valence electrons. The van der Waals surface area contributed by atoms with Crippen molar-refractivity contribution in [3.63, 3.8) is 0 Å². The molecule has 0 aromatic carbocycles. The fourth-order valence-corrected chi connectivity index (χ4v) is 3.15. The van der Waals surface area contributed by atoms with Gasteiger partial charge in [0.1, 0.15) is 0 Å². The minimum absolute atomic E-state index is 0. The van der Waals surface area contributed by atoms with Gasteiger partial charge in [-0.1, -0.05) is 6.92 Å². The maximum absolute atomic E-state index is 3.50. The van der Waals surface area contributed by atoms with Gasteiger partial charge in [0.25, 0.3) is 0 Å². The SMILES string of the molecule is CCC1(NC)CCc2sccc2C1.Cl. The molecule has 0 bridgehead atoms. The van der Waals surface area contributed by atoms with E-state index in [4.69, 9.17) is 0 Å². The molecule has 1 aliphatic carbocycles. The summed E-state index contributed by atoms with van der Waals surface area (Å²) in [5.41, 5.74) is 1.96. The van der Waals surface area contributed by atoms with Gasteiger partial charge < -0.3 is 5.32 Å². The highest BCUT2D eigenvalue weighted by atomic mass is 35.5. The van der Waals surface area contributed by atoms with Crippen LogP contribution in [0.5, 0.6) is 0 Å². The number of thiophene rings is 1. The fraction of sp³-hybridized carbons (Fsp3) is 0.636. The van der Waals surface area contributed by atoms with E-state index in [1.165, 1.54) is 25.7 Å². The summed E-state index contributed by atoms with van der Waals surface area (Å²) in [5.74, 6) is 0. The van der Waals surface area contributed by atoms with E-state index in [1.54, 1.807) is 10.4 Å². The summed E-state index contributed by atoms with van der Waals surface area (Å²) in [7, 11) is 2.10. The Balaban J connectivity index is 0.000000980. The van der Waals surface area contributed by atoms with Crippen LogP contribution in [0.1, 0.15) is 30.2 Å². The van der Waals surface area contributed by atoms with Gasteiger partial charge in [-0.05, 0) is 49.7 Å². The summed E-state index contributed by atoms with van der Waals surface area (Å²) >= 11 is 1.92. The van der Waals surface area contributed by atoms with Crippen LogP contribution in [-0.4, -0.2) is 12.6 Å². The Morgan fingerprint density at radius 3 is 3.00 bits per heavy atom. The maximum atomic E-state index is 3.50. The molecule has 0 saturated heterocycles. The second-order valence-electron chi connectivity index (χ2n) is 3.93. The van der Waals surface area contributed by atoms with Gasteiger partial charge in [-0.3, -0.25) is 0 Å². The molecule has 0 fully saturated rings. The Morgan fingerprint density at radius 1 is 1.57 bits per heavy atom. The lowest BCUT2D eigenvalue weighted by Crippen LogP contribution is -2.46. The number of likely N-dealkylation sites (N-methyl/N-ethyl adjacent to an activating group) is 1. The van der Waals surface area contributed by atoms with Crippen LogP contribution >= 0.6 is 23.7 Å². The lowest BCUT2D eigenvalue weighted by Gasteiger charge is -2.36. The standard InChI is InChI=1S/C11H17NS.ClH/c1-3-11(12-2)6-4-10-9(8-11)5-7-13-10;/h5,7,12H,3-4,6,8H2,1-2H3;1H. The molecular formula is C11H18ClNS. The summed E-state index contributed by atoms with van der Waals surface area (Å²) in [6.45, 7) is 2.29. The minimum atomic E-state index is 0. The van der Waals surface area contributed by atoms with Gasteiger partial charge in [0.05, 0.1) is 0 Å². The third-order valence-corrected chi connectivity index (χ3v) is 4.43. The van der Waals surface area contributed by atoms with Crippen LogP contribution in [-0.2, 0) is 12.8 Å². The first-order valence-electron chi connectivity index (χ1n) is 5.04. The van der Waals surface area contributed by atoms with E-state index in [9.17, 15) is 0 Å². The number of hydrogen-bond donors (Lipinski definition) is 1. The molecule has 0 aliphatic heterocycles. The summed E-state index contributed by atoms with van der Waals surface area (Å²) in [6, 6.07) is 2.29. The molecule has 1 aliphatic rings. The second-order valence-corrected chi connectivity index (χ2v) is 4.93. The van der Waals surface area contributed by atoms with Crippen LogP contribution in [0.2, 0.25) is 0 Å². The maximum Gasteiger partial charge on any atom is 0.0220 e. The van der Waals surface area contributed by atoms with Crippen molar-refractivity contribution in [1.82, 2.24) is 5.32 Å². The van der Waals surface area contributed by atoms with Crippen molar-refractivity contribution in [2.24, 2.45) is 0 Å². The van der Waals surface area contributed by atoms with Gasteiger partial charge in [0, 0.05) is 10.4 Å². The van der Waals surface area contributed by atoms with E-state index in [0.29, 0.717) is 5.54 Å². The minimum Gasteiger partial charge on any atom is -0.314 e. The van der Waals surface area contributed by atoms with Crippen molar-refractivity contribution >= 4 is 23.7 Å². The summed E-state index contributed by atoms with van der Waals surface area (Å²) in [6.07, 6.45) is 5.02. The molecule has 0 saturated carbocycles. The summed E-state index contributed by atoms with van der Waals surface area (Å²) < 4.78 is 0. The smallest absolute Gasteiger partial charge is 0.0220 e. The lowest BCUT2D eigenvalue weighted by atomic mass is 9.79. The van der Waals surface area contributed by atoms with Gasteiger partial charge in [-0.25, -0.2) is 0 Å². The van der Waals surface area contributed by atoms with Gasteiger partial charge in [-0.2, -0.15) is 0 Å². The number of nitrogens with one attached hydrogen (secondary N) is 1. The average Bonchev–Trinajstić information content (AvgIpc) is 2.64. The first kappa shape index (κ1) is 12.0. The second kappa shape index (κ2) is 4.65. The van der Waals surface area contributed by atoms with E-state index in [2.05, 4.69) is 30.7 Å². The van der Waals surface area contributed by atoms with Gasteiger partial charge in [0.2, 0.25) is 0 Å². The molecule has 1 aromatic heterocycles. The molecule has 0 spiro atoms. The largest absolute Gasteiger partial charge is 0.314 e. The third kappa shape index (κ3) is 1.97. The van der Waals surface area contributed by atoms with Crippen LogP contribution < -0.4 is 5.32 Å². The van der Waals surface area contributed by atoms with E-state index in [1.807, 2.05) is 11.3 Å². The molecule has 1 heterocycles. The zero-order chi connectivity index (χ0) is 9.31. The first-order valence-corrected chi connectivity index (χ1v) is 5.92. The number of aryl methyl sites for hydroxylation is 1. The first-order chi connectivity index (χ1) is 6.29. The Labute approximate surface area is 96.3 Å². The van der Waals surface area contributed by atoms with Crippen LogP contribution in [0.15, 0.2) is 11.4 Å². The van der Waals surface area contributed by atoms with Crippen LogP contribution in [0.3, 0.4) is 0 Å². The Bertz CT molecular complexity index is 291. The highest BCUT2D eigenvalue weighted by Gasteiger charge is 2.31. The van der Waals surface area contributed by atoms with Crippen LogP contribution in [0.4, 0.5) is 0 Å². The number of hydrogen-bond acceptors (Lipinski definition) is 2. The number of rotatable bonds is 2. The molecule has 0 radical (unpaired) electrons. The summed E-state index contributed by atoms with van der Waals surface area (Å²) in [5, 5.41) is 5.73. The van der Waals surface area contributed by atoms with Crippen molar-refractivity contribution in [2.45, 2.75) is 38.1 Å². The average molecular weight is 232 g/mol. The lowest BCUT2D eigenvalue weighted by molar-refractivity contribution is 0.298. The fourth-order valence-electron chi connectivity index (χ4n) is 2.24. The molecule has 3 heteroatoms. The van der Waals surface area contributed by atoms with Crippen LogP contribution in [0, 0.1) is 0 Å². The number of fused-ring (bicyclic) bond motifs is 1. The van der Waals surface area contributed by atoms with Crippen molar-refractivity contribution in [3.8, 4) is 0 Å². The van der Waals surface area contributed by atoms with E-state index < -0.39 is 0 Å². The third-order valence-electron chi connectivity index (χ3n) is 3.40.